The van der Waals surface area contributed by atoms with E-state index in [1.807, 2.05) is 0 Å². The maximum absolute atomic E-state index is 12.9. The normalized spacial score (nSPS) is 11.5. The molecule has 0 aliphatic rings. The van der Waals surface area contributed by atoms with E-state index in [9.17, 15) is 14.0 Å². The maximum atomic E-state index is 12.9. The highest BCUT2D eigenvalue weighted by Gasteiger charge is 2.15. The summed E-state index contributed by atoms with van der Waals surface area (Å²) in [6.45, 7) is 1.99. The fourth-order valence-electron chi connectivity index (χ4n) is 1.87. The topological polar surface area (TPSA) is 92.4 Å². The van der Waals surface area contributed by atoms with Crippen molar-refractivity contribution in [3.05, 3.63) is 64.9 Å². The Morgan fingerprint density at radius 3 is 2.50 bits per heavy atom. The summed E-state index contributed by atoms with van der Waals surface area (Å²) in [6.07, 6.45) is 1.93. The highest BCUT2D eigenvalue weighted by molar-refractivity contribution is 6.08. The molecule has 2 aromatic rings. The van der Waals surface area contributed by atoms with Crippen LogP contribution in [0.1, 0.15) is 21.6 Å². The standard InChI is InChI=1S/C15H13FN2O4/c1-9-12(13(19)6-14(20)15(21)22)7-17-18(9)8-10-2-4-11(16)5-3-10/h2-7,20H,8H2,1H3,(H,21,22). The minimum absolute atomic E-state index is 0.190. The second kappa shape index (κ2) is 6.21. The van der Waals surface area contributed by atoms with Gasteiger partial charge < -0.3 is 10.2 Å². The number of carboxylic acids is 1. The average Bonchev–Trinajstić information content (AvgIpc) is 2.82. The van der Waals surface area contributed by atoms with E-state index in [1.165, 1.54) is 23.0 Å². The Morgan fingerprint density at radius 2 is 1.91 bits per heavy atom. The van der Waals surface area contributed by atoms with E-state index < -0.39 is 17.5 Å². The number of hydrogen-bond acceptors (Lipinski definition) is 4. The van der Waals surface area contributed by atoms with Crippen molar-refractivity contribution in [3.63, 3.8) is 0 Å². The number of aliphatic hydroxyl groups is 1. The minimum Gasteiger partial charge on any atom is -0.502 e. The molecular weight excluding hydrogens is 291 g/mol. The Morgan fingerprint density at radius 1 is 1.27 bits per heavy atom. The van der Waals surface area contributed by atoms with E-state index in [-0.39, 0.29) is 11.4 Å². The van der Waals surface area contributed by atoms with E-state index in [0.29, 0.717) is 18.3 Å². The largest absolute Gasteiger partial charge is 0.502 e. The summed E-state index contributed by atoms with van der Waals surface area (Å²) >= 11 is 0. The van der Waals surface area contributed by atoms with Crippen LogP contribution in [0.5, 0.6) is 0 Å². The lowest BCUT2D eigenvalue weighted by Crippen LogP contribution is -2.07. The molecule has 0 saturated carbocycles. The molecule has 0 bridgehead atoms. The summed E-state index contributed by atoms with van der Waals surface area (Å²) in [5, 5.41) is 21.7. The molecule has 0 amide bonds. The molecule has 2 rings (SSSR count). The Balaban J connectivity index is 2.22. The number of aliphatic carboxylic acids is 1. The van der Waals surface area contributed by atoms with E-state index in [1.54, 1.807) is 19.1 Å². The molecule has 1 heterocycles. The van der Waals surface area contributed by atoms with Gasteiger partial charge in [-0.2, -0.15) is 5.10 Å². The molecule has 0 radical (unpaired) electrons. The molecule has 22 heavy (non-hydrogen) atoms. The van der Waals surface area contributed by atoms with Gasteiger partial charge in [-0.3, -0.25) is 9.48 Å². The van der Waals surface area contributed by atoms with Crippen LogP contribution in [0.25, 0.3) is 0 Å². The fourth-order valence-corrected chi connectivity index (χ4v) is 1.87. The molecule has 6 nitrogen and oxygen atoms in total. The van der Waals surface area contributed by atoms with Gasteiger partial charge in [0, 0.05) is 11.8 Å². The number of rotatable bonds is 5. The fraction of sp³-hybridized carbons (Fsp3) is 0.133. The van der Waals surface area contributed by atoms with Crippen molar-refractivity contribution >= 4 is 11.8 Å². The molecule has 114 valence electrons. The van der Waals surface area contributed by atoms with Crippen molar-refractivity contribution in [2.45, 2.75) is 13.5 Å². The number of aliphatic hydroxyl groups excluding tert-OH is 1. The number of carboxylic acid groups (broad SMARTS) is 1. The van der Waals surface area contributed by atoms with Crippen molar-refractivity contribution in [3.8, 4) is 0 Å². The number of allylic oxidation sites excluding steroid dienone is 1. The van der Waals surface area contributed by atoms with E-state index in [2.05, 4.69) is 5.10 Å². The smallest absolute Gasteiger partial charge is 0.371 e. The van der Waals surface area contributed by atoms with Gasteiger partial charge >= 0.3 is 5.97 Å². The number of carbonyl (C=O) groups is 2. The highest BCUT2D eigenvalue weighted by atomic mass is 19.1. The van der Waals surface area contributed by atoms with Crippen LogP contribution in [0.15, 0.2) is 42.3 Å². The lowest BCUT2D eigenvalue weighted by Gasteiger charge is -2.05. The summed E-state index contributed by atoms with van der Waals surface area (Å²) in [7, 11) is 0. The number of ketones is 1. The van der Waals surface area contributed by atoms with Crippen molar-refractivity contribution in [2.75, 3.05) is 0 Å². The van der Waals surface area contributed by atoms with Gasteiger partial charge in [0.25, 0.3) is 0 Å². The van der Waals surface area contributed by atoms with Crippen LogP contribution in [0, 0.1) is 12.7 Å². The van der Waals surface area contributed by atoms with Gasteiger partial charge in [0.2, 0.25) is 5.76 Å². The first-order valence-corrected chi connectivity index (χ1v) is 6.33. The number of halogens is 1. The van der Waals surface area contributed by atoms with Crippen LogP contribution in [0.2, 0.25) is 0 Å². The number of nitrogens with zero attached hydrogens (tertiary/aromatic N) is 2. The molecule has 0 spiro atoms. The first-order valence-electron chi connectivity index (χ1n) is 6.33. The summed E-state index contributed by atoms with van der Waals surface area (Å²) in [4.78, 5) is 22.4. The predicted octanol–water partition coefficient (Wildman–Crippen LogP) is 2.09. The molecule has 1 aromatic heterocycles. The summed E-state index contributed by atoms with van der Waals surface area (Å²) in [5.41, 5.74) is 1.51. The van der Waals surface area contributed by atoms with Crippen LogP contribution in [-0.2, 0) is 11.3 Å². The van der Waals surface area contributed by atoms with Crippen molar-refractivity contribution < 1.29 is 24.2 Å². The molecule has 7 heteroatoms. The zero-order valence-electron chi connectivity index (χ0n) is 11.7. The Hall–Kier alpha value is -2.96. The van der Waals surface area contributed by atoms with Crippen molar-refractivity contribution in [1.29, 1.82) is 0 Å². The zero-order valence-corrected chi connectivity index (χ0v) is 11.7. The lowest BCUT2D eigenvalue weighted by molar-refractivity contribution is -0.135. The van der Waals surface area contributed by atoms with Gasteiger partial charge in [0.05, 0.1) is 18.3 Å². The first kappa shape index (κ1) is 15.4. The Bertz CT molecular complexity index is 747. The summed E-state index contributed by atoms with van der Waals surface area (Å²) in [5.74, 6) is -3.60. The van der Waals surface area contributed by atoms with Crippen molar-refractivity contribution in [1.82, 2.24) is 9.78 Å². The van der Waals surface area contributed by atoms with Crippen LogP contribution < -0.4 is 0 Å². The molecular formula is C15H13FN2O4. The van der Waals surface area contributed by atoms with Gasteiger partial charge in [-0.25, -0.2) is 9.18 Å². The molecule has 0 unspecified atom stereocenters. The van der Waals surface area contributed by atoms with E-state index in [4.69, 9.17) is 10.2 Å². The second-order valence-electron chi connectivity index (χ2n) is 4.63. The highest BCUT2D eigenvalue weighted by Crippen LogP contribution is 2.12. The third-order valence-corrected chi connectivity index (χ3v) is 3.10. The van der Waals surface area contributed by atoms with Crippen LogP contribution in [0.4, 0.5) is 4.39 Å². The monoisotopic (exact) mass is 304 g/mol. The molecule has 0 fully saturated rings. The van der Waals surface area contributed by atoms with Gasteiger partial charge in [-0.15, -0.1) is 0 Å². The van der Waals surface area contributed by atoms with Gasteiger partial charge in [0.1, 0.15) is 5.82 Å². The van der Waals surface area contributed by atoms with Crippen LogP contribution in [0.3, 0.4) is 0 Å². The number of benzene rings is 1. The maximum Gasteiger partial charge on any atom is 0.371 e. The predicted molar refractivity (Wildman–Crippen MR) is 75.1 cm³/mol. The van der Waals surface area contributed by atoms with Crippen molar-refractivity contribution in [2.24, 2.45) is 0 Å². The Labute approximate surface area is 125 Å². The number of carbonyl (C=O) groups excluding carboxylic acids is 1. The quantitative estimate of drug-likeness (QED) is 0.501. The summed E-state index contributed by atoms with van der Waals surface area (Å²) in [6, 6.07) is 5.87. The molecule has 1 aromatic carbocycles. The lowest BCUT2D eigenvalue weighted by atomic mass is 10.1. The SMILES string of the molecule is Cc1c(C(=O)C=C(O)C(=O)O)cnn1Cc1ccc(F)cc1. The molecule has 0 saturated heterocycles. The van der Waals surface area contributed by atoms with Crippen LogP contribution >= 0.6 is 0 Å². The van der Waals surface area contributed by atoms with Gasteiger partial charge in [-0.1, -0.05) is 12.1 Å². The second-order valence-corrected chi connectivity index (χ2v) is 4.63. The third kappa shape index (κ3) is 3.38. The van der Waals surface area contributed by atoms with Crippen LogP contribution in [-0.4, -0.2) is 31.7 Å². The molecule has 2 N–H and O–H groups in total. The molecule has 0 aliphatic heterocycles. The Kier molecular flexibility index (Phi) is 4.36. The van der Waals surface area contributed by atoms with E-state index >= 15 is 0 Å². The van der Waals surface area contributed by atoms with Gasteiger partial charge in [-0.05, 0) is 24.6 Å². The van der Waals surface area contributed by atoms with Gasteiger partial charge in [0.15, 0.2) is 5.78 Å². The number of hydrogen-bond donors (Lipinski definition) is 2. The molecule has 0 aliphatic carbocycles. The number of aromatic nitrogens is 2. The average molecular weight is 304 g/mol. The zero-order chi connectivity index (χ0) is 16.3. The first-order chi connectivity index (χ1) is 10.4. The molecule has 0 atom stereocenters. The third-order valence-electron chi connectivity index (χ3n) is 3.10. The minimum atomic E-state index is -1.58. The summed E-state index contributed by atoms with van der Waals surface area (Å²) < 4.78 is 14.4. The van der Waals surface area contributed by atoms with E-state index in [0.717, 1.165) is 5.56 Å².